The maximum absolute atomic E-state index is 12.3. The number of halogens is 1. The van der Waals surface area contributed by atoms with E-state index in [1.165, 1.54) is 0 Å². The van der Waals surface area contributed by atoms with Gasteiger partial charge in [0.1, 0.15) is 0 Å². The van der Waals surface area contributed by atoms with Gasteiger partial charge in [-0.15, -0.1) is 24.0 Å². The van der Waals surface area contributed by atoms with E-state index in [9.17, 15) is 4.79 Å². The normalized spacial score (nSPS) is 11.7. The number of carbonyl (C=O) groups is 1. The van der Waals surface area contributed by atoms with Gasteiger partial charge in [-0.3, -0.25) is 14.7 Å². The number of likely N-dealkylation sites (N-methyl/N-ethyl adjacent to an activating group) is 2. The highest BCUT2D eigenvalue weighted by molar-refractivity contribution is 14.0. The first kappa shape index (κ1) is 26.7. The van der Waals surface area contributed by atoms with Gasteiger partial charge in [-0.2, -0.15) is 0 Å². The molecule has 0 rings (SSSR count). The Hall–Kier alpha value is -0.570. The van der Waals surface area contributed by atoms with E-state index < -0.39 is 0 Å². The molecule has 0 aromatic rings. The standard InChI is InChI=1S/C18H39N5O.HI/c1-9-19-18(20-12-13-23(15(4)5)16(6)7)21(8)14-17(24)22(10-2)11-3;/h15-16H,9-14H2,1-8H3,(H,19,20);1H. The van der Waals surface area contributed by atoms with Crippen molar-refractivity contribution in [3.63, 3.8) is 0 Å². The van der Waals surface area contributed by atoms with Crippen molar-refractivity contribution in [3.05, 3.63) is 0 Å². The zero-order valence-electron chi connectivity index (χ0n) is 17.5. The number of guanidine groups is 1. The summed E-state index contributed by atoms with van der Waals surface area (Å²) in [5.41, 5.74) is 0. The molecule has 0 aromatic heterocycles. The molecule has 0 aliphatic rings. The van der Waals surface area contributed by atoms with Gasteiger partial charge in [0.2, 0.25) is 5.91 Å². The number of amides is 1. The summed E-state index contributed by atoms with van der Waals surface area (Å²) in [6, 6.07) is 1.01. The topological polar surface area (TPSA) is 51.2 Å². The van der Waals surface area contributed by atoms with Crippen LogP contribution in [0.1, 0.15) is 48.5 Å². The smallest absolute Gasteiger partial charge is 0.242 e. The molecule has 6 nitrogen and oxygen atoms in total. The molecule has 0 heterocycles. The minimum Gasteiger partial charge on any atom is -0.357 e. The van der Waals surface area contributed by atoms with Crippen LogP contribution in [-0.4, -0.2) is 85.0 Å². The Balaban J connectivity index is 0. The number of rotatable bonds is 10. The second-order valence-corrected chi connectivity index (χ2v) is 6.58. The van der Waals surface area contributed by atoms with E-state index in [4.69, 9.17) is 4.99 Å². The first-order valence-corrected chi connectivity index (χ1v) is 9.31. The van der Waals surface area contributed by atoms with E-state index >= 15 is 0 Å². The van der Waals surface area contributed by atoms with E-state index in [0.29, 0.717) is 18.6 Å². The average Bonchev–Trinajstić information content (AvgIpc) is 2.50. The van der Waals surface area contributed by atoms with E-state index in [-0.39, 0.29) is 29.9 Å². The predicted octanol–water partition coefficient (Wildman–Crippen LogP) is 2.49. The average molecular weight is 469 g/mol. The molecule has 0 radical (unpaired) electrons. The minimum atomic E-state index is 0. The van der Waals surface area contributed by atoms with Crippen molar-refractivity contribution >= 4 is 35.8 Å². The molecule has 25 heavy (non-hydrogen) atoms. The fourth-order valence-corrected chi connectivity index (χ4v) is 2.81. The molecular formula is C18H40IN5O. The number of carbonyl (C=O) groups excluding carboxylic acids is 1. The quantitative estimate of drug-likeness (QED) is 0.304. The summed E-state index contributed by atoms with van der Waals surface area (Å²) in [6.45, 7) is 19.2. The molecule has 0 spiro atoms. The monoisotopic (exact) mass is 469 g/mol. The van der Waals surface area contributed by atoms with Crippen molar-refractivity contribution in [2.24, 2.45) is 4.99 Å². The highest BCUT2D eigenvalue weighted by Crippen LogP contribution is 2.04. The van der Waals surface area contributed by atoms with Gasteiger partial charge in [-0.25, -0.2) is 0 Å². The molecule has 7 heteroatoms. The molecule has 150 valence electrons. The lowest BCUT2D eigenvalue weighted by Gasteiger charge is -2.30. The Labute approximate surface area is 172 Å². The van der Waals surface area contributed by atoms with Crippen LogP contribution < -0.4 is 5.32 Å². The fourth-order valence-electron chi connectivity index (χ4n) is 2.81. The molecule has 0 aliphatic heterocycles. The zero-order chi connectivity index (χ0) is 18.7. The van der Waals surface area contributed by atoms with Gasteiger partial charge < -0.3 is 15.1 Å². The van der Waals surface area contributed by atoms with Gasteiger partial charge >= 0.3 is 0 Å². The van der Waals surface area contributed by atoms with Crippen LogP contribution in [0.2, 0.25) is 0 Å². The number of nitrogens with one attached hydrogen (secondary N) is 1. The van der Waals surface area contributed by atoms with Gasteiger partial charge in [0.05, 0.1) is 13.1 Å². The minimum absolute atomic E-state index is 0. The first-order valence-electron chi connectivity index (χ1n) is 9.31. The van der Waals surface area contributed by atoms with Crippen LogP contribution in [0.4, 0.5) is 0 Å². The molecule has 0 bridgehead atoms. The maximum atomic E-state index is 12.3. The summed E-state index contributed by atoms with van der Waals surface area (Å²) < 4.78 is 0. The van der Waals surface area contributed by atoms with Gasteiger partial charge in [0.25, 0.3) is 0 Å². The predicted molar refractivity (Wildman–Crippen MR) is 119 cm³/mol. The molecule has 0 unspecified atom stereocenters. The van der Waals surface area contributed by atoms with Crippen LogP contribution in [0.15, 0.2) is 4.99 Å². The summed E-state index contributed by atoms with van der Waals surface area (Å²) in [5, 5.41) is 3.28. The Bertz CT molecular complexity index is 376. The Morgan fingerprint density at radius 1 is 1.04 bits per heavy atom. The van der Waals surface area contributed by atoms with Crippen molar-refractivity contribution in [1.82, 2.24) is 20.0 Å². The Kier molecular flexibility index (Phi) is 15.6. The molecule has 0 saturated heterocycles. The lowest BCUT2D eigenvalue weighted by atomic mass is 10.2. The van der Waals surface area contributed by atoms with E-state index in [1.54, 1.807) is 0 Å². The van der Waals surface area contributed by atoms with E-state index in [1.807, 2.05) is 37.6 Å². The van der Waals surface area contributed by atoms with Gasteiger partial charge in [0, 0.05) is 45.3 Å². The molecule has 0 aromatic carbocycles. The zero-order valence-corrected chi connectivity index (χ0v) is 19.8. The summed E-state index contributed by atoms with van der Waals surface area (Å²) in [7, 11) is 1.92. The molecule has 1 amide bonds. The lowest BCUT2D eigenvalue weighted by molar-refractivity contribution is -0.131. The number of aliphatic imine (C=N–C) groups is 1. The highest BCUT2D eigenvalue weighted by atomic mass is 127. The number of hydrogen-bond acceptors (Lipinski definition) is 3. The molecule has 0 aliphatic carbocycles. The molecule has 0 fully saturated rings. The lowest BCUT2D eigenvalue weighted by Crippen LogP contribution is -2.46. The molecule has 1 N–H and O–H groups in total. The van der Waals surface area contributed by atoms with Crippen LogP contribution in [-0.2, 0) is 4.79 Å². The summed E-state index contributed by atoms with van der Waals surface area (Å²) in [5.74, 6) is 0.935. The second-order valence-electron chi connectivity index (χ2n) is 6.58. The third-order valence-electron chi connectivity index (χ3n) is 4.13. The van der Waals surface area contributed by atoms with Crippen molar-refractivity contribution < 1.29 is 4.79 Å². The summed E-state index contributed by atoms with van der Waals surface area (Å²) in [6.07, 6.45) is 0. The van der Waals surface area contributed by atoms with E-state index in [2.05, 4.69) is 37.9 Å². The molecule has 0 saturated carbocycles. The van der Waals surface area contributed by atoms with Crippen LogP contribution in [0.3, 0.4) is 0 Å². The molecular weight excluding hydrogens is 429 g/mol. The van der Waals surface area contributed by atoms with Gasteiger partial charge in [-0.1, -0.05) is 0 Å². The summed E-state index contributed by atoms with van der Waals surface area (Å²) >= 11 is 0. The number of hydrogen-bond donors (Lipinski definition) is 1. The third kappa shape index (κ3) is 10.2. The maximum Gasteiger partial charge on any atom is 0.242 e. The highest BCUT2D eigenvalue weighted by Gasteiger charge is 2.16. The van der Waals surface area contributed by atoms with Crippen LogP contribution in [0.25, 0.3) is 0 Å². The Morgan fingerprint density at radius 2 is 1.56 bits per heavy atom. The molecule has 0 atom stereocenters. The van der Waals surface area contributed by atoms with Crippen LogP contribution in [0, 0.1) is 0 Å². The van der Waals surface area contributed by atoms with Crippen molar-refractivity contribution in [3.8, 4) is 0 Å². The van der Waals surface area contributed by atoms with E-state index in [0.717, 1.165) is 38.7 Å². The first-order chi connectivity index (χ1) is 11.3. The second kappa shape index (κ2) is 14.6. The summed E-state index contributed by atoms with van der Waals surface area (Å²) in [4.78, 5) is 23.2. The van der Waals surface area contributed by atoms with Gasteiger partial charge in [-0.05, 0) is 48.5 Å². The SMILES string of the molecule is CCNC(=NCCN(C(C)C)C(C)C)N(C)CC(=O)N(CC)CC.I. The third-order valence-corrected chi connectivity index (χ3v) is 4.13. The van der Waals surface area contributed by atoms with Crippen molar-refractivity contribution in [1.29, 1.82) is 0 Å². The number of nitrogens with zero attached hydrogens (tertiary/aromatic N) is 4. The van der Waals surface area contributed by atoms with Crippen LogP contribution in [0.5, 0.6) is 0 Å². The Morgan fingerprint density at radius 3 is 1.96 bits per heavy atom. The van der Waals surface area contributed by atoms with Gasteiger partial charge in [0.15, 0.2) is 5.96 Å². The largest absolute Gasteiger partial charge is 0.357 e. The van der Waals surface area contributed by atoms with Crippen molar-refractivity contribution in [2.45, 2.75) is 60.5 Å². The van der Waals surface area contributed by atoms with Crippen LogP contribution >= 0.6 is 24.0 Å². The van der Waals surface area contributed by atoms with Crippen molar-refractivity contribution in [2.75, 3.05) is 46.3 Å². The fraction of sp³-hybridized carbons (Fsp3) is 0.889.